The maximum absolute atomic E-state index is 11.5. The summed E-state index contributed by atoms with van der Waals surface area (Å²) >= 11 is 5.99. The van der Waals surface area contributed by atoms with Gasteiger partial charge < -0.3 is 4.74 Å². The van der Waals surface area contributed by atoms with Crippen LogP contribution in [0.3, 0.4) is 0 Å². The SMILES string of the molecule is CCOC(=O)c1cc(C)cc(C)c1Cl. The van der Waals surface area contributed by atoms with Crippen LogP contribution in [0.25, 0.3) is 0 Å². The molecule has 76 valence electrons. The Morgan fingerprint density at radius 3 is 2.64 bits per heavy atom. The summed E-state index contributed by atoms with van der Waals surface area (Å²) in [6.45, 7) is 5.93. The lowest BCUT2D eigenvalue weighted by Gasteiger charge is -2.07. The van der Waals surface area contributed by atoms with Gasteiger partial charge in [0.25, 0.3) is 0 Å². The Morgan fingerprint density at radius 2 is 2.07 bits per heavy atom. The highest BCUT2D eigenvalue weighted by molar-refractivity contribution is 6.34. The molecule has 1 aromatic carbocycles. The first-order valence-corrected chi connectivity index (χ1v) is 4.88. The Hall–Kier alpha value is -1.02. The number of benzene rings is 1. The molecular weight excluding hydrogens is 200 g/mol. The normalized spacial score (nSPS) is 10.0. The van der Waals surface area contributed by atoms with E-state index in [9.17, 15) is 4.79 Å². The molecule has 0 aliphatic heterocycles. The molecule has 0 amide bonds. The average Bonchev–Trinajstić information content (AvgIpc) is 2.11. The minimum Gasteiger partial charge on any atom is -0.462 e. The van der Waals surface area contributed by atoms with E-state index in [1.807, 2.05) is 19.9 Å². The van der Waals surface area contributed by atoms with Crippen LogP contribution in [0.5, 0.6) is 0 Å². The molecule has 0 radical (unpaired) electrons. The Morgan fingerprint density at radius 1 is 1.43 bits per heavy atom. The standard InChI is InChI=1S/C11H13ClO2/c1-4-14-11(13)9-6-7(2)5-8(3)10(9)12/h5-6H,4H2,1-3H3. The van der Waals surface area contributed by atoms with Crippen LogP contribution in [-0.4, -0.2) is 12.6 Å². The summed E-state index contributed by atoms with van der Waals surface area (Å²) in [5.41, 5.74) is 2.36. The van der Waals surface area contributed by atoms with Gasteiger partial charge in [-0.05, 0) is 38.0 Å². The molecule has 0 atom stereocenters. The molecule has 2 nitrogen and oxygen atoms in total. The van der Waals surface area contributed by atoms with Gasteiger partial charge >= 0.3 is 5.97 Å². The molecule has 1 aromatic rings. The van der Waals surface area contributed by atoms with Gasteiger partial charge in [0, 0.05) is 0 Å². The van der Waals surface area contributed by atoms with Crippen molar-refractivity contribution in [3.8, 4) is 0 Å². The first-order chi connectivity index (χ1) is 6.56. The second-order valence-electron chi connectivity index (χ2n) is 3.16. The molecule has 1 rings (SSSR count). The monoisotopic (exact) mass is 212 g/mol. The van der Waals surface area contributed by atoms with E-state index >= 15 is 0 Å². The topological polar surface area (TPSA) is 26.3 Å². The van der Waals surface area contributed by atoms with Gasteiger partial charge in [-0.3, -0.25) is 0 Å². The Bertz CT molecular complexity index is 359. The number of rotatable bonds is 2. The zero-order valence-corrected chi connectivity index (χ0v) is 9.31. The highest BCUT2D eigenvalue weighted by Crippen LogP contribution is 2.23. The molecule has 0 spiro atoms. The molecule has 0 aromatic heterocycles. The highest BCUT2D eigenvalue weighted by atomic mass is 35.5. The van der Waals surface area contributed by atoms with E-state index in [1.165, 1.54) is 0 Å². The van der Waals surface area contributed by atoms with Crippen molar-refractivity contribution < 1.29 is 9.53 Å². The molecule has 0 bridgehead atoms. The molecule has 0 aliphatic carbocycles. The lowest BCUT2D eigenvalue weighted by atomic mass is 10.1. The van der Waals surface area contributed by atoms with Crippen LogP contribution in [0.2, 0.25) is 5.02 Å². The van der Waals surface area contributed by atoms with Gasteiger partial charge in [0.05, 0.1) is 17.2 Å². The number of esters is 1. The van der Waals surface area contributed by atoms with Gasteiger partial charge in [0.15, 0.2) is 0 Å². The number of hydrogen-bond acceptors (Lipinski definition) is 2. The van der Waals surface area contributed by atoms with Crippen LogP contribution in [0.1, 0.15) is 28.4 Å². The number of aryl methyl sites for hydroxylation is 2. The fourth-order valence-electron chi connectivity index (χ4n) is 1.31. The molecule has 0 N–H and O–H groups in total. The zero-order chi connectivity index (χ0) is 10.7. The summed E-state index contributed by atoms with van der Waals surface area (Å²) in [5.74, 6) is -0.357. The number of halogens is 1. The summed E-state index contributed by atoms with van der Waals surface area (Å²) in [4.78, 5) is 11.5. The number of ether oxygens (including phenoxy) is 1. The van der Waals surface area contributed by atoms with Crippen LogP contribution < -0.4 is 0 Å². The molecular formula is C11H13ClO2. The van der Waals surface area contributed by atoms with E-state index in [2.05, 4.69) is 0 Å². The molecule has 3 heteroatoms. The summed E-state index contributed by atoms with van der Waals surface area (Å²) in [6.07, 6.45) is 0. The van der Waals surface area contributed by atoms with Gasteiger partial charge in [0.1, 0.15) is 0 Å². The third-order valence-corrected chi connectivity index (χ3v) is 2.40. The third-order valence-electron chi connectivity index (χ3n) is 1.89. The number of carbonyl (C=O) groups excluding carboxylic acids is 1. The Balaban J connectivity index is 3.13. The van der Waals surface area contributed by atoms with Crippen molar-refractivity contribution in [1.29, 1.82) is 0 Å². The Kier molecular flexibility index (Phi) is 3.53. The maximum atomic E-state index is 11.5. The van der Waals surface area contributed by atoms with Crippen LogP contribution in [0.4, 0.5) is 0 Å². The minimum absolute atomic E-state index is 0.357. The molecule has 0 aliphatic rings. The maximum Gasteiger partial charge on any atom is 0.339 e. The molecule has 0 saturated carbocycles. The van der Waals surface area contributed by atoms with E-state index in [4.69, 9.17) is 16.3 Å². The number of hydrogen-bond donors (Lipinski definition) is 0. The van der Waals surface area contributed by atoms with E-state index < -0.39 is 0 Å². The van der Waals surface area contributed by atoms with Crippen molar-refractivity contribution in [2.45, 2.75) is 20.8 Å². The fourth-order valence-corrected chi connectivity index (χ4v) is 1.49. The van der Waals surface area contributed by atoms with E-state index in [0.717, 1.165) is 11.1 Å². The van der Waals surface area contributed by atoms with Crippen molar-refractivity contribution in [1.82, 2.24) is 0 Å². The largest absolute Gasteiger partial charge is 0.462 e. The smallest absolute Gasteiger partial charge is 0.339 e. The molecule has 0 heterocycles. The minimum atomic E-state index is -0.357. The van der Waals surface area contributed by atoms with E-state index in [1.54, 1.807) is 13.0 Å². The summed E-state index contributed by atoms with van der Waals surface area (Å²) in [6, 6.07) is 3.68. The number of carbonyl (C=O) groups is 1. The summed E-state index contributed by atoms with van der Waals surface area (Å²) in [7, 11) is 0. The second-order valence-corrected chi connectivity index (χ2v) is 3.54. The predicted molar refractivity (Wildman–Crippen MR) is 56.9 cm³/mol. The summed E-state index contributed by atoms with van der Waals surface area (Å²) < 4.78 is 4.90. The predicted octanol–water partition coefficient (Wildman–Crippen LogP) is 3.13. The summed E-state index contributed by atoms with van der Waals surface area (Å²) in [5, 5.41) is 0.481. The van der Waals surface area contributed by atoms with Gasteiger partial charge in [0.2, 0.25) is 0 Å². The van der Waals surface area contributed by atoms with Crippen LogP contribution >= 0.6 is 11.6 Å². The second kappa shape index (κ2) is 4.47. The van der Waals surface area contributed by atoms with Crippen molar-refractivity contribution in [3.05, 3.63) is 33.8 Å². The first kappa shape index (κ1) is 11.1. The van der Waals surface area contributed by atoms with Gasteiger partial charge in [-0.1, -0.05) is 17.7 Å². The quantitative estimate of drug-likeness (QED) is 0.704. The molecule has 0 saturated heterocycles. The zero-order valence-electron chi connectivity index (χ0n) is 8.56. The average molecular weight is 213 g/mol. The highest BCUT2D eigenvalue weighted by Gasteiger charge is 2.13. The third kappa shape index (κ3) is 2.26. The van der Waals surface area contributed by atoms with Gasteiger partial charge in [-0.25, -0.2) is 4.79 Å². The van der Waals surface area contributed by atoms with E-state index in [0.29, 0.717) is 17.2 Å². The Labute approximate surface area is 88.8 Å². The molecule has 14 heavy (non-hydrogen) atoms. The fraction of sp³-hybridized carbons (Fsp3) is 0.364. The van der Waals surface area contributed by atoms with Crippen LogP contribution in [0.15, 0.2) is 12.1 Å². The molecule has 0 unspecified atom stereocenters. The molecule has 0 fully saturated rings. The van der Waals surface area contributed by atoms with Gasteiger partial charge in [-0.2, -0.15) is 0 Å². The van der Waals surface area contributed by atoms with Crippen molar-refractivity contribution in [3.63, 3.8) is 0 Å². The van der Waals surface area contributed by atoms with Crippen LogP contribution in [0, 0.1) is 13.8 Å². The lowest BCUT2D eigenvalue weighted by molar-refractivity contribution is 0.0526. The van der Waals surface area contributed by atoms with E-state index in [-0.39, 0.29) is 5.97 Å². The van der Waals surface area contributed by atoms with Gasteiger partial charge in [-0.15, -0.1) is 0 Å². The van der Waals surface area contributed by atoms with Crippen LogP contribution in [-0.2, 0) is 4.74 Å². The first-order valence-electron chi connectivity index (χ1n) is 4.50. The van der Waals surface area contributed by atoms with Crippen molar-refractivity contribution >= 4 is 17.6 Å². The van der Waals surface area contributed by atoms with Crippen molar-refractivity contribution in [2.24, 2.45) is 0 Å². The lowest BCUT2D eigenvalue weighted by Crippen LogP contribution is -2.06. The van der Waals surface area contributed by atoms with Crippen molar-refractivity contribution in [2.75, 3.05) is 6.61 Å².